The molecule has 0 aliphatic heterocycles. The fourth-order valence-corrected chi connectivity index (χ4v) is 3.39. The SMILES string of the molecule is CC(C)c1ccc(S(=O)(=O)Cc2ccc(N)cc2F)cc1. The summed E-state index contributed by atoms with van der Waals surface area (Å²) in [6, 6.07) is 10.8. The molecule has 2 N–H and O–H groups in total. The Hall–Kier alpha value is -1.88. The zero-order chi connectivity index (χ0) is 15.6. The first kappa shape index (κ1) is 15.5. The lowest BCUT2D eigenvalue weighted by Crippen LogP contribution is -2.07. The van der Waals surface area contributed by atoms with Crippen LogP contribution in [0.2, 0.25) is 0 Å². The lowest BCUT2D eigenvalue weighted by Gasteiger charge is -2.09. The Morgan fingerprint density at radius 1 is 1.10 bits per heavy atom. The minimum atomic E-state index is -3.57. The first-order chi connectivity index (χ1) is 9.79. The summed E-state index contributed by atoms with van der Waals surface area (Å²) in [6.45, 7) is 4.07. The van der Waals surface area contributed by atoms with E-state index in [0.29, 0.717) is 5.92 Å². The molecule has 0 aromatic heterocycles. The molecule has 2 rings (SSSR count). The Bertz CT molecular complexity index is 737. The summed E-state index contributed by atoms with van der Waals surface area (Å²) in [5, 5.41) is 0. The van der Waals surface area contributed by atoms with Crippen LogP contribution in [-0.2, 0) is 15.6 Å². The maximum Gasteiger partial charge on any atom is 0.182 e. The van der Waals surface area contributed by atoms with Gasteiger partial charge in [0, 0.05) is 11.3 Å². The van der Waals surface area contributed by atoms with Crippen molar-refractivity contribution in [1.29, 1.82) is 0 Å². The average Bonchev–Trinajstić information content (AvgIpc) is 2.42. The Balaban J connectivity index is 2.29. The van der Waals surface area contributed by atoms with Gasteiger partial charge >= 0.3 is 0 Å². The maximum atomic E-state index is 13.7. The molecular weight excluding hydrogens is 289 g/mol. The molecule has 0 radical (unpaired) electrons. The second-order valence-electron chi connectivity index (χ2n) is 5.33. The van der Waals surface area contributed by atoms with E-state index in [-0.39, 0.29) is 21.9 Å². The van der Waals surface area contributed by atoms with Gasteiger partial charge in [-0.15, -0.1) is 0 Å². The number of nitrogen functional groups attached to an aromatic ring is 1. The molecule has 0 fully saturated rings. The molecule has 0 atom stereocenters. The van der Waals surface area contributed by atoms with E-state index in [0.717, 1.165) is 11.6 Å². The van der Waals surface area contributed by atoms with E-state index in [4.69, 9.17) is 5.73 Å². The predicted octanol–water partition coefficient (Wildman–Crippen LogP) is 3.51. The smallest absolute Gasteiger partial charge is 0.182 e. The van der Waals surface area contributed by atoms with Gasteiger partial charge in [-0.2, -0.15) is 0 Å². The molecule has 0 unspecified atom stereocenters. The van der Waals surface area contributed by atoms with Crippen LogP contribution >= 0.6 is 0 Å². The van der Waals surface area contributed by atoms with Crippen molar-refractivity contribution in [2.24, 2.45) is 0 Å². The molecule has 0 saturated heterocycles. The van der Waals surface area contributed by atoms with Crippen molar-refractivity contribution in [2.75, 3.05) is 5.73 Å². The molecule has 0 aliphatic rings. The van der Waals surface area contributed by atoms with Crippen LogP contribution in [0.25, 0.3) is 0 Å². The van der Waals surface area contributed by atoms with Crippen molar-refractivity contribution >= 4 is 15.5 Å². The van der Waals surface area contributed by atoms with Gasteiger partial charge in [0.1, 0.15) is 5.82 Å². The highest BCUT2D eigenvalue weighted by Gasteiger charge is 2.18. The Labute approximate surface area is 124 Å². The molecule has 0 aliphatic carbocycles. The Morgan fingerprint density at radius 2 is 1.71 bits per heavy atom. The molecule has 2 aromatic rings. The van der Waals surface area contributed by atoms with E-state index >= 15 is 0 Å². The van der Waals surface area contributed by atoms with E-state index in [2.05, 4.69) is 0 Å². The number of halogens is 1. The lowest BCUT2D eigenvalue weighted by molar-refractivity contribution is 0.587. The van der Waals surface area contributed by atoms with Gasteiger partial charge in [-0.1, -0.05) is 32.0 Å². The van der Waals surface area contributed by atoms with Gasteiger partial charge in [0.05, 0.1) is 10.6 Å². The zero-order valence-corrected chi connectivity index (χ0v) is 12.8. The average molecular weight is 307 g/mol. The Kier molecular flexibility index (Phi) is 4.32. The summed E-state index contributed by atoms with van der Waals surface area (Å²) < 4.78 is 38.4. The number of nitrogens with two attached hydrogens (primary N) is 1. The standard InChI is InChI=1S/C16H18FNO2S/c1-11(2)12-4-7-15(8-5-12)21(19,20)10-13-3-6-14(18)9-16(13)17/h3-9,11H,10,18H2,1-2H3. The van der Waals surface area contributed by atoms with Crippen molar-refractivity contribution in [3.05, 3.63) is 59.4 Å². The minimum Gasteiger partial charge on any atom is -0.399 e. The van der Waals surface area contributed by atoms with Crippen LogP contribution in [0, 0.1) is 5.82 Å². The van der Waals surface area contributed by atoms with Crippen LogP contribution in [0.3, 0.4) is 0 Å². The van der Waals surface area contributed by atoms with Crippen molar-refractivity contribution < 1.29 is 12.8 Å². The fourth-order valence-electron chi connectivity index (χ4n) is 2.03. The van der Waals surface area contributed by atoms with Gasteiger partial charge in [-0.3, -0.25) is 0 Å². The van der Waals surface area contributed by atoms with Crippen molar-refractivity contribution in [2.45, 2.75) is 30.4 Å². The van der Waals surface area contributed by atoms with Crippen molar-refractivity contribution in [3.8, 4) is 0 Å². The third-order valence-corrected chi connectivity index (χ3v) is 5.01. The second kappa shape index (κ2) is 5.85. The summed E-state index contributed by atoms with van der Waals surface area (Å²) in [7, 11) is -3.57. The molecule has 2 aromatic carbocycles. The first-order valence-electron chi connectivity index (χ1n) is 6.66. The highest BCUT2D eigenvalue weighted by atomic mass is 32.2. The highest BCUT2D eigenvalue weighted by Crippen LogP contribution is 2.22. The van der Waals surface area contributed by atoms with E-state index in [1.165, 1.54) is 12.1 Å². The molecule has 21 heavy (non-hydrogen) atoms. The van der Waals surface area contributed by atoms with Crippen LogP contribution in [0.5, 0.6) is 0 Å². The molecule has 0 saturated carbocycles. The van der Waals surface area contributed by atoms with Gasteiger partial charge < -0.3 is 5.73 Å². The topological polar surface area (TPSA) is 60.2 Å². The number of benzene rings is 2. The first-order valence-corrected chi connectivity index (χ1v) is 8.31. The van der Waals surface area contributed by atoms with E-state index in [1.807, 2.05) is 13.8 Å². The molecule has 0 heterocycles. The van der Waals surface area contributed by atoms with E-state index < -0.39 is 15.7 Å². The van der Waals surface area contributed by atoms with Crippen LogP contribution in [0.1, 0.15) is 30.9 Å². The van der Waals surface area contributed by atoms with Gasteiger partial charge in [0.15, 0.2) is 9.84 Å². The van der Waals surface area contributed by atoms with Gasteiger partial charge in [0.25, 0.3) is 0 Å². The highest BCUT2D eigenvalue weighted by molar-refractivity contribution is 7.90. The number of anilines is 1. The number of hydrogen-bond donors (Lipinski definition) is 1. The lowest BCUT2D eigenvalue weighted by atomic mass is 10.0. The monoisotopic (exact) mass is 307 g/mol. The summed E-state index contributed by atoms with van der Waals surface area (Å²) >= 11 is 0. The summed E-state index contributed by atoms with van der Waals surface area (Å²) in [6.07, 6.45) is 0. The number of sulfone groups is 1. The molecule has 112 valence electrons. The quantitative estimate of drug-likeness (QED) is 0.879. The van der Waals surface area contributed by atoms with Crippen LogP contribution in [-0.4, -0.2) is 8.42 Å². The van der Waals surface area contributed by atoms with Crippen molar-refractivity contribution in [3.63, 3.8) is 0 Å². The van der Waals surface area contributed by atoms with E-state index in [9.17, 15) is 12.8 Å². The molecule has 0 bridgehead atoms. The van der Waals surface area contributed by atoms with Crippen LogP contribution < -0.4 is 5.73 Å². The molecule has 5 heteroatoms. The predicted molar refractivity (Wildman–Crippen MR) is 82.2 cm³/mol. The third-order valence-electron chi connectivity index (χ3n) is 3.33. The summed E-state index contributed by atoms with van der Waals surface area (Å²) in [5.41, 5.74) is 6.92. The maximum absolute atomic E-state index is 13.7. The fraction of sp³-hybridized carbons (Fsp3) is 0.250. The Morgan fingerprint density at radius 3 is 2.24 bits per heavy atom. The van der Waals surface area contributed by atoms with E-state index in [1.54, 1.807) is 24.3 Å². The van der Waals surface area contributed by atoms with Gasteiger partial charge in [-0.05, 0) is 35.7 Å². The third kappa shape index (κ3) is 3.61. The van der Waals surface area contributed by atoms with Crippen molar-refractivity contribution in [1.82, 2.24) is 0 Å². The second-order valence-corrected chi connectivity index (χ2v) is 7.32. The van der Waals surface area contributed by atoms with Gasteiger partial charge in [-0.25, -0.2) is 12.8 Å². The molecule has 3 nitrogen and oxygen atoms in total. The summed E-state index contributed by atoms with van der Waals surface area (Å²) in [4.78, 5) is 0.197. The largest absolute Gasteiger partial charge is 0.399 e. The van der Waals surface area contributed by atoms with Crippen LogP contribution in [0.15, 0.2) is 47.4 Å². The minimum absolute atomic E-state index is 0.122. The number of rotatable bonds is 4. The van der Waals surface area contributed by atoms with Crippen LogP contribution in [0.4, 0.5) is 10.1 Å². The molecule has 0 spiro atoms. The summed E-state index contributed by atoms with van der Waals surface area (Å²) in [5.74, 6) is -0.645. The van der Waals surface area contributed by atoms with Gasteiger partial charge in [0.2, 0.25) is 0 Å². The normalized spacial score (nSPS) is 11.8. The molecular formula is C16H18FNO2S. The number of hydrogen-bond acceptors (Lipinski definition) is 3. The zero-order valence-electron chi connectivity index (χ0n) is 12.0. The molecule has 0 amide bonds.